The molecule has 166 valence electrons. The van der Waals surface area contributed by atoms with E-state index in [0.717, 1.165) is 22.5 Å². The molecule has 0 aliphatic carbocycles. The fourth-order valence-electron chi connectivity index (χ4n) is 3.47. The van der Waals surface area contributed by atoms with Gasteiger partial charge in [0.15, 0.2) is 15.0 Å². The molecule has 1 saturated heterocycles. The van der Waals surface area contributed by atoms with Crippen LogP contribution in [0.1, 0.15) is 6.42 Å². The molecule has 10 heteroatoms. The molecule has 4 rings (SSSR count). The van der Waals surface area contributed by atoms with Crippen LogP contribution < -0.4 is 10.6 Å². The first kappa shape index (κ1) is 22.1. The molecule has 0 bridgehead atoms. The minimum Gasteiger partial charge on any atom is -0.334 e. The van der Waals surface area contributed by atoms with Crippen LogP contribution in [0.3, 0.4) is 0 Å². The van der Waals surface area contributed by atoms with Crippen molar-refractivity contribution >= 4 is 33.5 Å². The topological polar surface area (TPSA) is 121 Å². The van der Waals surface area contributed by atoms with Crippen LogP contribution in [0.5, 0.6) is 0 Å². The Kier molecular flexibility index (Phi) is 6.61. The summed E-state index contributed by atoms with van der Waals surface area (Å²) in [7, 11) is -3.11. The van der Waals surface area contributed by atoms with Gasteiger partial charge in [0.2, 0.25) is 5.91 Å². The number of H-pyrrole nitrogens is 1. The Morgan fingerprint density at radius 1 is 1.03 bits per heavy atom. The number of urea groups is 1. The van der Waals surface area contributed by atoms with Crippen LogP contribution in [0.25, 0.3) is 22.5 Å². The summed E-state index contributed by atoms with van der Waals surface area (Å²) in [6.07, 6.45) is 0.357. The Balaban J connectivity index is 1.40. The van der Waals surface area contributed by atoms with Crippen molar-refractivity contribution in [2.75, 3.05) is 17.3 Å². The summed E-state index contributed by atoms with van der Waals surface area (Å²) in [4.78, 5) is 32.1. The van der Waals surface area contributed by atoms with Gasteiger partial charge < -0.3 is 10.3 Å². The second kappa shape index (κ2) is 9.58. The second-order valence-electron chi connectivity index (χ2n) is 7.41. The van der Waals surface area contributed by atoms with Gasteiger partial charge in [-0.2, -0.15) is 0 Å². The zero-order valence-electron chi connectivity index (χ0n) is 17.1. The summed E-state index contributed by atoms with van der Waals surface area (Å²) in [5, 5.41) is 5.34. The van der Waals surface area contributed by atoms with E-state index in [1.54, 1.807) is 0 Å². The highest BCUT2D eigenvalue weighted by atomic mass is 32.2. The van der Waals surface area contributed by atoms with E-state index in [-0.39, 0.29) is 17.3 Å². The molecule has 1 aromatic heterocycles. The van der Waals surface area contributed by atoms with Gasteiger partial charge in [-0.3, -0.25) is 10.1 Å². The Hall–Kier alpha value is -3.11. The molecule has 0 radical (unpaired) electrons. The highest BCUT2D eigenvalue weighted by molar-refractivity contribution is 7.99. The average molecular weight is 471 g/mol. The molecule has 1 aliphatic rings. The van der Waals surface area contributed by atoms with Crippen molar-refractivity contribution in [2.45, 2.75) is 17.6 Å². The smallest absolute Gasteiger partial charge is 0.321 e. The molecule has 1 atom stereocenters. The van der Waals surface area contributed by atoms with Crippen LogP contribution in [-0.4, -0.2) is 53.6 Å². The zero-order chi connectivity index (χ0) is 22.6. The molecule has 3 aromatic rings. The number of hydrogen-bond donors (Lipinski definition) is 3. The van der Waals surface area contributed by atoms with E-state index in [1.807, 2.05) is 60.7 Å². The van der Waals surface area contributed by atoms with Crippen LogP contribution in [0, 0.1) is 0 Å². The summed E-state index contributed by atoms with van der Waals surface area (Å²) >= 11 is 1.18. The number of nitrogens with one attached hydrogen (secondary N) is 3. The number of carbonyl (C=O) groups excluding carboxylic acids is 2. The van der Waals surface area contributed by atoms with Gasteiger partial charge in [0.25, 0.3) is 0 Å². The van der Waals surface area contributed by atoms with Crippen molar-refractivity contribution in [1.29, 1.82) is 0 Å². The number of carbonyl (C=O) groups is 2. The second-order valence-corrected chi connectivity index (χ2v) is 10.6. The quantitative estimate of drug-likeness (QED) is 0.477. The number of imide groups is 1. The van der Waals surface area contributed by atoms with Crippen LogP contribution >= 0.6 is 11.8 Å². The van der Waals surface area contributed by atoms with Crippen LogP contribution in [0.4, 0.5) is 4.79 Å². The van der Waals surface area contributed by atoms with Crippen molar-refractivity contribution in [3.8, 4) is 22.5 Å². The lowest BCUT2D eigenvalue weighted by atomic mass is 10.1. The Morgan fingerprint density at radius 3 is 2.31 bits per heavy atom. The lowest BCUT2D eigenvalue weighted by Crippen LogP contribution is -2.45. The zero-order valence-corrected chi connectivity index (χ0v) is 18.7. The first-order chi connectivity index (χ1) is 15.4. The molecule has 8 nitrogen and oxygen atoms in total. The predicted molar refractivity (Wildman–Crippen MR) is 124 cm³/mol. The fourth-order valence-corrected chi connectivity index (χ4v) is 5.81. The van der Waals surface area contributed by atoms with Crippen molar-refractivity contribution < 1.29 is 18.0 Å². The molecular formula is C22H22N4O4S2. The predicted octanol–water partition coefficient (Wildman–Crippen LogP) is 2.85. The van der Waals surface area contributed by atoms with Gasteiger partial charge >= 0.3 is 6.03 Å². The highest BCUT2D eigenvalue weighted by Crippen LogP contribution is 2.32. The molecule has 0 unspecified atom stereocenters. The lowest BCUT2D eigenvalue weighted by Gasteiger charge is -2.10. The maximum atomic E-state index is 12.2. The molecule has 2 aromatic carbocycles. The van der Waals surface area contributed by atoms with Crippen molar-refractivity contribution in [2.24, 2.45) is 0 Å². The number of sulfone groups is 1. The van der Waals surface area contributed by atoms with E-state index < -0.39 is 27.8 Å². The number of aromatic amines is 1. The van der Waals surface area contributed by atoms with Crippen LogP contribution in [0.15, 0.2) is 65.8 Å². The van der Waals surface area contributed by atoms with E-state index in [2.05, 4.69) is 20.6 Å². The number of rotatable bonds is 6. The van der Waals surface area contributed by atoms with E-state index in [9.17, 15) is 18.0 Å². The number of thioether (sulfide) groups is 1. The molecule has 1 aliphatic heterocycles. The minimum absolute atomic E-state index is 0.0215. The molecule has 32 heavy (non-hydrogen) atoms. The highest BCUT2D eigenvalue weighted by Gasteiger charge is 2.29. The number of benzene rings is 2. The van der Waals surface area contributed by atoms with E-state index in [4.69, 9.17) is 0 Å². The fraction of sp³-hybridized carbons (Fsp3) is 0.227. The summed E-state index contributed by atoms with van der Waals surface area (Å²) in [6.45, 7) is 0. The van der Waals surface area contributed by atoms with Crippen molar-refractivity contribution in [3.05, 3.63) is 60.7 Å². The summed E-state index contributed by atoms with van der Waals surface area (Å²) in [5.41, 5.74) is 3.55. The van der Waals surface area contributed by atoms with Crippen molar-refractivity contribution in [1.82, 2.24) is 20.6 Å². The maximum Gasteiger partial charge on any atom is 0.321 e. The number of aromatic nitrogens is 2. The monoisotopic (exact) mass is 470 g/mol. The normalized spacial score (nSPS) is 17.1. The third kappa shape index (κ3) is 5.57. The van der Waals surface area contributed by atoms with Crippen LogP contribution in [-0.2, 0) is 14.6 Å². The maximum absolute atomic E-state index is 12.2. The lowest BCUT2D eigenvalue weighted by molar-refractivity contribution is -0.117. The van der Waals surface area contributed by atoms with Gasteiger partial charge in [-0.25, -0.2) is 18.2 Å². The number of amides is 3. The Bertz CT molecular complexity index is 1150. The van der Waals surface area contributed by atoms with Gasteiger partial charge in [0.05, 0.1) is 28.6 Å². The van der Waals surface area contributed by atoms with Crippen molar-refractivity contribution in [3.63, 3.8) is 0 Å². The molecule has 3 amide bonds. The van der Waals surface area contributed by atoms with E-state index in [0.29, 0.717) is 11.6 Å². The average Bonchev–Trinajstić information content (AvgIpc) is 3.36. The summed E-state index contributed by atoms with van der Waals surface area (Å²) in [6, 6.07) is 18.4. The van der Waals surface area contributed by atoms with E-state index in [1.165, 1.54) is 11.8 Å². The minimum atomic E-state index is -3.11. The SMILES string of the molecule is O=C(CSc1nc(-c2ccccc2)c(-c2ccccc2)[nH]1)NC(=O)N[C@@H]1CCS(=O)(=O)C1. The Labute approximate surface area is 190 Å². The van der Waals surface area contributed by atoms with Gasteiger partial charge in [-0.05, 0) is 6.42 Å². The third-order valence-electron chi connectivity index (χ3n) is 4.95. The molecule has 3 N–H and O–H groups in total. The third-order valence-corrected chi connectivity index (χ3v) is 7.59. The van der Waals surface area contributed by atoms with Gasteiger partial charge in [0.1, 0.15) is 0 Å². The van der Waals surface area contributed by atoms with E-state index >= 15 is 0 Å². The number of hydrogen-bond acceptors (Lipinski definition) is 6. The Morgan fingerprint density at radius 2 is 1.69 bits per heavy atom. The number of imidazole rings is 1. The summed E-state index contributed by atoms with van der Waals surface area (Å²) < 4.78 is 23.0. The first-order valence-corrected chi connectivity index (χ1v) is 12.8. The molecular weight excluding hydrogens is 448 g/mol. The van der Waals surface area contributed by atoms with Gasteiger partial charge in [-0.15, -0.1) is 0 Å². The molecule has 2 heterocycles. The van der Waals surface area contributed by atoms with Gasteiger partial charge in [0, 0.05) is 17.2 Å². The molecule has 0 saturated carbocycles. The summed E-state index contributed by atoms with van der Waals surface area (Å²) in [5.74, 6) is -0.562. The first-order valence-electron chi connectivity index (χ1n) is 10.0. The van der Waals surface area contributed by atoms with Gasteiger partial charge in [-0.1, -0.05) is 72.4 Å². The number of nitrogens with zero attached hydrogens (tertiary/aromatic N) is 1. The molecule has 1 fully saturated rings. The largest absolute Gasteiger partial charge is 0.334 e. The van der Waals surface area contributed by atoms with Crippen LogP contribution in [0.2, 0.25) is 0 Å². The molecule has 0 spiro atoms. The standard InChI is InChI=1S/C22H22N4O4S2/c27-18(24-21(28)23-17-11-12-32(29,30)14-17)13-31-22-25-19(15-7-3-1-4-8-15)20(26-22)16-9-5-2-6-10-16/h1-10,17H,11-14H2,(H,25,26)(H2,23,24,27,28)/t17-/m1/s1.